The van der Waals surface area contributed by atoms with Gasteiger partial charge < -0.3 is 10.2 Å². The third-order valence-corrected chi connectivity index (χ3v) is 4.06. The molecule has 0 saturated heterocycles. The third kappa shape index (κ3) is 5.55. The Morgan fingerprint density at radius 3 is 2.82 bits per heavy atom. The van der Waals surface area contributed by atoms with Crippen LogP contribution in [-0.2, 0) is 6.54 Å². The Labute approximate surface area is 123 Å². The first-order valence-electron chi connectivity index (χ1n) is 5.88. The van der Waals surface area contributed by atoms with Crippen LogP contribution in [0.5, 0.6) is 0 Å². The van der Waals surface area contributed by atoms with Crippen molar-refractivity contribution in [1.82, 2.24) is 10.2 Å². The van der Waals surface area contributed by atoms with Crippen molar-refractivity contribution >= 4 is 34.2 Å². The van der Waals surface area contributed by atoms with E-state index in [1.165, 1.54) is 9.13 Å². The van der Waals surface area contributed by atoms with Crippen molar-refractivity contribution in [3.63, 3.8) is 0 Å². The van der Waals surface area contributed by atoms with Crippen LogP contribution < -0.4 is 5.32 Å². The monoisotopic (exact) mass is 366 g/mol. The molecule has 1 aromatic carbocycles. The first-order chi connectivity index (χ1) is 8.02. The van der Waals surface area contributed by atoms with Crippen LogP contribution in [0.2, 0.25) is 5.02 Å². The molecule has 4 heteroatoms. The number of hydrogen-bond acceptors (Lipinski definition) is 2. The molecule has 0 bridgehead atoms. The fourth-order valence-corrected chi connectivity index (χ4v) is 2.35. The maximum absolute atomic E-state index is 6.00. The van der Waals surface area contributed by atoms with Crippen molar-refractivity contribution in [2.24, 2.45) is 0 Å². The van der Waals surface area contributed by atoms with E-state index in [1.807, 2.05) is 12.1 Å². The quantitative estimate of drug-likeness (QED) is 0.777. The van der Waals surface area contributed by atoms with Crippen molar-refractivity contribution in [3.05, 3.63) is 32.4 Å². The van der Waals surface area contributed by atoms with E-state index in [-0.39, 0.29) is 0 Å². The van der Waals surface area contributed by atoms with Crippen LogP contribution in [-0.4, -0.2) is 31.1 Å². The van der Waals surface area contributed by atoms with E-state index >= 15 is 0 Å². The molecule has 0 radical (unpaired) electrons. The SMILES string of the molecule is CCN(C)CC(C)NCc1cc(Cl)ccc1I. The van der Waals surface area contributed by atoms with Gasteiger partial charge in [-0.05, 0) is 66.9 Å². The fourth-order valence-electron chi connectivity index (χ4n) is 1.62. The highest BCUT2D eigenvalue weighted by molar-refractivity contribution is 14.1. The number of rotatable bonds is 6. The van der Waals surface area contributed by atoms with Crippen LogP contribution in [0.15, 0.2) is 18.2 Å². The van der Waals surface area contributed by atoms with Gasteiger partial charge in [-0.3, -0.25) is 0 Å². The van der Waals surface area contributed by atoms with Crippen molar-refractivity contribution in [2.45, 2.75) is 26.4 Å². The lowest BCUT2D eigenvalue weighted by atomic mass is 10.2. The average Bonchev–Trinajstić information content (AvgIpc) is 2.30. The lowest BCUT2D eigenvalue weighted by Crippen LogP contribution is -2.37. The molecule has 0 aliphatic heterocycles. The minimum Gasteiger partial charge on any atom is -0.309 e. The Balaban J connectivity index is 2.47. The summed E-state index contributed by atoms with van der Waals surface area (Å²) in [6.07, 6.45) is 0. The van der Waals surface area contributed by atoms with Crippen LogP contribution in [0.1, 0.15) is 19.4 Å². The first kappa shape index (κ1) is 15.2. The van der Waals surface area contributed by atoms with Gasteiger partial charge in [0.25, 0.3) is 0 Å². The molecular formula is C13H20ClIN2. The molecule has 2 nitrogen and oxygen atoms in total. The topological polar surface area (TPSA) is 15.3 Å². The van der Waals surface area contributed by atoms with E-state index in [1.54, 1.807) is 0 Å². The zero-order valence-corrected chi connectivity index (χ0v) is 13.5. The second-order valence-electron chi connectivity index (χ2n) is 4.37. The van der Waals surface area contributed by atoms with Crippen LogP contribution in [0, 0.1) is 3.57 Å². The van der Waals surface area contributed by atoms with Crippen LogP contribution in [0.3, 0.4) is 0 Å². The molecule has 0 heterocycles. The van der Waals surface area contributed by atoms with Gasteiger partial charge in [-0.2, -0.15) is 0 Å². The molecule has 0 spiro atoms. The number of halogens is 2. The lowest BCUT2D eigenvalue weighted by molar-refractivity contribution is 0.309. The fraction of sp³-hybridized carbons (Fsp3) is 0.538. The third-order valence-electron chi connectivity index (χ3n) is 2.77. The van der Waals surface area contributed by atoms with E-state index in [9.17, 15) is 0 Å². The van der Waals surface area contributed by atoms with Gasteiger partial charge in [0.1, 0.15) is 0 Å². The minimum absolute atomic E-state index is 0.481. The molecule has 0 aliphatic rings. The van der Waals surface area contributed by atoms with Crippen LogP contribution in [0.4, 0.5) is 0 Å². The Kier molecular flexibility index (Phi) is 6.77. The van der Waals surface area contributed by atoms with Gasteiger partial charge >= 0.3 is 0 Å². The highest BCUT2D eigenvalue weighted by Crippen LogP contribution is 2.17. The number of hydrogen-bond donors (Lipinski definition) is 1. The molecule has 1 unspecified atom stereocenters. The van der Waals surface area contributed by atoms with E-state index in [2.05, 4.69) is 59.8 Å². The van der Waals surface area contributed by atoms with E-state index in [0.717, 1.165) is 24.7 Å². The van der Waals surface area contributed by atoms with E-state index in [0.29, 0.717) is 6.04 Å². The summed E-state index contributed by atoms with van der Waals surface area (Å²) >= 11 is 8.35. The van der Waals surface area contributed by atoms with Gasteiger partial charge in [0.05, 0.1) is 0 Å². The molecule has 1 aromatic rings. The van der Waals surface area contributed by atoms with Crippen LogP contribution >= 0.6 is 34.2 Å². The molecule has 1 N–H and O–H groups in total. The maximum atomic E-state index is 6.00. The van der Waals surface area contributed by atoms with Gasteiger partial charge in [-0.15, -0.1) is 0 Å². The van der Waals surface area contributed by atoms with Crippen LogP contribution in [0.25, 0.3) is 0 Å². The summed E-state index contributed by atoms with van der Waals surface area (Å²) in [7, 11) is 2.14. The van der Waals surface area contributed by atoms with E-state index < -0.39 is 0 Å². The summed E-state index contributed by atoms with van der Waals surface area (Å²) < 4.78 is 1.26. The van der Waals surface area contributed by atoms with E-state index in [4.69, 9.17) is 11.6 Å². The van der Waals surface area contributed by atoms with Crippen molar-refractivity contribution < 1.29 is 0 Å². The molecule has 96 valence electrons. The number of likely N-dealkylation sites (N-methyl/N-ethyl adjacent to an activating group) is 1. The highest BCUT2D eigenvalue weighted by atomic mass is 127. The zero-order chi connectivity index (χ0) is 12.8. The second kappa shape index (κ2) is 7.56. The standard InChI is InChI=1S/C13H20ClIN2/c1-4-17(3)9-10(2)16-8-11-7-12(14)5-6-13(11)15/h5-7,10,16H,4,8-9H2,1-3H3. The molecule has 0 amide bonds. The Morgan fingerprint density at radius 2 is 2.18 bits per heavy atom. The molecular weight excluding hydrogens is 347 g/mol. The first-order valence-corrected chi connectivity index (χ1v) is 7.34. The minimum atomic E-state index is 0.481. The normalized spacial score (nSPS) is 13.1. The number of benzene rings is 1. The van der Waals surface area contributed by atoms with Gasteiger partial charge in [-0.1, -0.05) is 18.5 Å². The molecule has 17 heavy (non-hydrogen) atoms. The predicted molar refractivity (Wildman–Crippen MR) is 83.6 cm³/mol. The summed E-state index contributed by atoms with van der Waals surface area (Å²) in [5.41, 5.74) is 1.27. The van der Waals surface area contributed by atoms with Crippen molar-refractivity contribution in [2.75, 3.05) is 20.1 Å². The second-order valence-corrected chi connectivity index (χ2v) is 5.97. The predicted octanol–water partition coefficient (Wildman–Crippen LogP) is 3.37. The molecule has 0 fully saturated rings. The van der Waals surface area contributed by atoms with Gasteiger partial charge in [-0.25, -0.2) is 0 Å². The average molecular weight is 367 g/mol. The van der Waals surface area contributed by atoms with Gasteiger partial charge in [0, 0.05) is 27.7 Å². The van der Waals surface area contributed by atoms with Crippen molar-refractivity contribution in [3.8, 4) is 0 Å². The van der Waals surface area contributed by atoms with Gasteiger partial charge in [0.15, 0.2) is 0 Å². The molecule has 1 atom stereocenters. The number of nitrogens with zero attached hydrogens (tertiary/aromatic N) is 1. The zero-order valence-electron chi connectivity index (χ0n) is 10.6. The molecule has 0 saturated carbocycles. The Hall–Kier alpha value is 0.160. The summed E-state index contributed by atoms with van der Waals surface area (Å²) in [6.45, 7) is 7.40. The maximum Gasteiger partial charge on any atom is 0.0409 e. The highest BCUT2D eigenvalue weighted by Gasteiger charge is 2.06. The molecule has 1 rings (SSSR count). The summed E-state index contributed by atoms with van der Waals surface area (Å²) in [6, 6.07) is 6.51. The summed E-state index contributed by atoms with van der Waals surface area (Å²) in [5, 5.41) is 4.33. The molecule has 0 aliphatic carbocycles. The Morgan fingerprint density at radius 1 is 1.47 bits per heavy atom. The number of nitrogens with one attached hydrogen (secondary N) is 1. The van der Waals surface area contributed by atoms with Gasteiger partial charge in [0.2, 0.25) is 0 Å². The smallest absolute Gasteiger partial charge is 0.0409 e. The molecule has 0 aromatic heterocycles. The van der Waals surface area contributed by atoms with Crippen molar-refractivity contribution in [1.29, 1.82) is 0 Å². The summed E-state index contributed by atoms with van der Waals surface area (Å²) in [4.78, 5) is 2.31. The summed E-state index contributed by atoms with van der Waals surface area (Å²) in [5.74, 6) is 0. The largest absolute Gasteiger partial charge is 0.309 e. The Bertz CT molecular complexity index is 357. The lowest BCUT2D eigenvalue weighted by Gasteiger charge is -2.21.